The van der Waals surface area contributed by atoms with Gasteiger partial charge < -0.3 is 5.11 Å². The third-order valence-electron chi connectivity index (χ3n) is 3.21. The zero-order valence-electron chi connectivity index (χ0n) is 10.7. The van der Waals surface area contributed by atoms with Crippen LogP contribution in [0.25, 0.3) is 0 Å². The lowest BCUT2D eigenvalue weighted by molar-refractivity contribution is 0.305. The highest BCUT2D eigenvalue weighted by Crippen LogP contribution is 2.32. The maximum Gasteiger partial charge on any atom is 0.0540 e. The number of aliphatic hydroxyl groups excluding tert-OH is 1. The molecule has 2 rings (SSSR count). The van der Waals surface area contributed by atoms with Gasteiger partial charge in [-0.25, -0.2) is 0 Å². The van der Waals surface area contributed by atoms with Crippen LogP contribution in [0.2, 0.25) is 0 Å². The minimum atomic E-state index is 0.156. The van der Waals surface area contributed by atoms with E-state index in [2.05, 4.69) is 35.0 Å². The Morgan fingerprint density at radius 1 is 1.33 bits per heavy atom. The van der Waals surface area contributed by atoms with Crippen LogP contribution >= 0.6 is 23.1 Å². The van der Waals surface area contributed by atoms with Crippen LogP contribution in [0.3, 0.4) is 0 Å². The van der Waals surface area contributed by atoms with Crippen molar-refractivity contribution < 1.29 is 5.11 Å². The third-order valence-corrected chi connectivity index (χ3v) is 5.71. The van der Waals surface area contributed by atoms with Crippen LogP contribution < -0.4 is 0 Å². The summed E-state index contributed by atoms with van der Waals surface area (Å²) in [6.07, 6.45) is 7.60. The van der Waals surface area contributed by atoms with Crippen LogP contribution in [-0.2, 0) is 5.75 Å². The molecule has 0 saturated heterocycles. The molecule has 0 atom stereocenters. The minimum Gasteiger partial charge on any atom is -0.395 e. The van der Waals surface area contributed by atoms with Gasteiger partial charge in [-0.1, -0.05) is 31.1 Å². The van der Waals surface area contributed by atoms with Gasteiger partial charge in [0.15, 0.2) is 0 Å². The van der Waals surface area contributed by atoms with Crippen molar-refractivity contribution in [2.45, 2.75) is 49.5 Å². The lowest BCUT2D eigenvalue weighted by atomic mass is 10.0. The van der Waals surface area contributed by atoms with E-state index in [0.717, 1.165) is 16.6 Å². The molecule has 1 nitrogen and oxygen atoms in total. The topological polar surface area (TPSA) is 20.2 Å². The predicted molar refractivity (Wildman–Crippen MR) is 81.1 cm³/mol. The number of thioether (sulfide) groups is 1. The molecule has 0 unspecified atom stereocenters. The average molecular weight is 280 g/mol. The Labute approximate surface area is 118 Å². The van der Waals surface area contributed by atoms with Crippen molar-refractivity contribution >= 4 is 23.1 Å². The average Bonchev–Trinajstić information content (AvgIpc) is 2.86. The van der Waals surface area contributed by atoms with E-state index in [9.17, 15) is 0 Å². The normalized spacial score (nSPS) is 16.3. The lowest BCUT2D eigenvalue weighted by Crippen LogP contribution is -2.08. The standard InChI is InChI=1S/C15H20OS2/c16-10-5-4-6-13-9-11-17-15(13)12-18-14-7-2-1-3-8-14/h9,11,14,16H,1-3,5,7-8,10,12H2. The van der Waals surface area contributed by atoms with Crippen LogP contribution in [0, 0.1) is 11.8 Å². The molecule has 3 heteroatoms. The number of thiophene rings is 1. The van der Waals surface area contributed by atoms with Gasteiger partial charge in [0.2, 0.25) is 0 Å². The van der Waals surface area contributed by atoms with E-state index >= 15 is 0 Å². The van der Waals surface area contributed by atoms with Gasteiger partial charge in [-0.15, -0.1) is 11.3 Å². The second-order valence-corrected chi connectivity index (χ2v) is 6.89. The Balaban J connectivity index is 1.85. The summed E-state index contributed by atoms with van der Waals surface area (Å²) in [7, 11) is 0. The Morgan fingerprint density at radius 2 is 2.17 bits per heavy atom. The molecule has 0 spiro atoms. The molecule has 1 N–H and O–H groups in total. The number of hydrogen-bond donors (Lipinski definition) is 1. The molecule has 0 aliphatic heterocycles. The molecule has 1 aliphatic carbocycles. The van der Waals surface area contributed by atoms with E-state index in [1.54, 1.807) is 0 Å². The van der Waals surface area contributed by atoms with Crippen LogP contribution in [0.5, 0.6) is 0 Å². The second-order valence-electron chi connectivity index (χ2n) is 4.60. The summed E-state index contributed by atoms with van der Waals surface area (Å²) < 4.78 is 0. The van der Waals surface area contributed by atoms with Gasteiger partial charge >= 0.3 is 0 Å². The molecule has 98 valence electrons. The van der Waals surface area contributed by atoms with E-state index < -0.39 is 0 Å². The first-order valence-electron chi connectivity index (χ1n) is 6.68. The molecule has 1 aliphatic rings. The summed E-state index contributed by atoms with van der Waals surface area (Å²) in [5.74, 6) is 7.28. The highest BCUT2D eigenvalue weighted by atomic mass is 32.2. The van der Waals surface area contributed by atoms with E-state index in [4.69, 9.17) is 5.11 Å². The Morgan fingerprint density at radius 3 is 2.94 bits per heavy atom. The van der Waals surface area contributed by atoms with Crippen LogP contribution in [0.1, 0.15) is 49.0 Å². The Kier molecular flexibility index (Phi) is 6.13. The maximum atomic E-state index is 8.73. The van der Waals surface area contributed by atoms with Crippen molar-refractivity contribution in [3.05, 3.63) is 21.9 Å². The molecule has 0 amide bonds. The zero-order chi connectivity index (χ0) is 12.6. The van der Waals surface area contributed by atoms with Gasteiger partial charge in [0, 0.05) is 27.9 Å². The van der Waals surface area contributed by atoms with Gasteiger partial charge in [-0.3, -0.25) is 0 Å². The number of hydrogen-bond acceptors (Lipinski definition) is 3. The molecule has 0 radical (unpaired) electrons. The Bertz CT molecular complexity index is 408. The fourth-order valence-electron chi connectivity index (χ4n) is 2.20. The van der Waals surface area contributed by atoms with Gasteiger partial charge in [-0.05, 0) is 24.3 Å². The van der Waals surface area contributed by atoms with E-state index in [-0.39, 0.29) is 6.61 Å². The summed E-state index contributed by atoms with van der Waals surface area (Å²) >= 11 is 3.91. The molecule has 0 bridgehead atoms. The quantitative estimate of drug-likeness (QED) is 0.840. The first kappa shape index (κ1) is 14.0. The van der Waals surface area contributed by atoms with Gasteiger partial charge in [-0.2, -0.15) is 11.8 Å². The maximum absolute atomic E-state index is 8.73. The number of aliphatic hydroxyl groups is 1. The first-order valence-corrected chi connectivity index (χ1v) is 8.60. The second kappa shape index (κ2) is 7.89. The SMILES string of the molecule is OCCC#Cc1ccsc1CSC1CCCCC1. The molecular weight excluding hydrogens is 260 g/mol. The van der Waals surface area contributed by atoms with Crippen molar-refractivity contribution in [3.8, 4) is 11.8 Å². The summed E-state index contributed by atoms with van der Waals surface area (Å²) in [4.78, 5) is 1.40. The molecular formula is C15H20OS2. The van der Waals surface area contributed by atoms with Crippen LogP contribution in [-0.4, -0.2) is 17.0 Å². The van der Waals surface area contributed by atoms with Crippen molar-refractivity contribution in [1.82, 2.24) is 0 Å². The summed E-state index contributed by atoms with van der Waals surface area (Å²) in [6, 6.07) is 2.10. The van der Waals surface area contributed by atoms with Crippen molar-refractivity contribution in [3.63, 3.8) is 0 Å². The summed E-state index contributed by atoms with van der Waals surface area (Å²) in [5, 5.41) is 11.7. The monoisotopic (exact) mass is 280 g/mol. The molecule has 1 aromatic heterocycles. The molecule has 1 saturated carbocycles. The highest BCUT2D eigenvalue weighted by molar-refractivity contribution is 7.99. The van der Waals surface area contributed by atoms with Crippen molar-refractivity contribution in [2.24, 2.45) is 0 Å². The fraction of sp³-hybridized carbons (Fsp3) is 0.600. The smallest absolute Gasteiger partial charge is 0.0540 e. The predicted octanol–water partition coefficient (Wildman–Crippen LogP) is 4.05. The van der Waals surface area contributed by atoms with Gasteiger partial charge in [0.25, 0.3) is 0 Å². The molecule has 18 heavy (non-hydrogen) atoms. The largest absolute Gasteiger partial charge is 0.395 e. The van der Waals surface area contributed by atoms with Crippen LogP contribution in [0.4, 0.5) is 0 Å². The first-order chi connectivity index (χ1) is 8.90. The number of rotatable bonds is 4. The Hall–Kier alpha value is -0.430. The highest BCUT2D eigenvalue weighted by Gasteiger charge is 2.14. The molecule has 1 heterocycles. The molecule has 0 aromatic carbocycles. The minimum absolute atomic E-state index is 0.156. The van der Waals surface area contributed by atoms with E-state index in [1.807, 2.05) is 11.3 Å². The van der Waals surface area contributed by atoms with Crippen molar-refractivity contribution in [2.75, 3.05) is 6.61 Å². The van der Waals surface area contributed by atoms with E-state index in [1.165, 1.54) is 37.0 Å². The summed E-state index contributed by atoms with van der Waals surface area (Å²) in [5.41, 5.74) is 1.16. The summed E-state index contributed by atoms with van der Waals surface area (Å²) in [6.45, 7) is 0.156. The fourth-order valence-corrected chi connectivity index (χ4v) is 4.50. The molecule has 1 fully saturated rings. The van der Waals surface area contributed by atoms with Gasteiger partial charge in [0.1, 0.15) is 0 Å². The zero-order valence-corrected chi connectivity index (χ0v) is 12.3. The molecule has 1 aromatic rings. The van der Waals surface area contributed by atoms with Crippen LogP contribution in [0.15, 0.2) is 11.4 Å². The van der Waals surface area contributed by atoms with E-state index in [0.29, 0.717) is 6.42 Å². The van der Waals surface area contributed by atoms with Gasteiger partial charge in [0.05, 0.1) is 6.61 Å². The lowest BCUT2D eigenvalue weighted by Gasteiger charge is -2.20. The third kappa shape index (κ3) is 4.35. The van der Waals surface area contributed by atoms with Crippen molar-refractivity contribution in [1.29, 1.82) is 0 Å².